The van der Waals surface area contributed by atoms with Crippen LogP contribution in [0.15, 0.2) is 33.2 Å². The van der Waals surface area contributed by atoms with Crippen LogP contribution >= 0.6 is 15.9 Å². The van der Waals surface area contributed by atoms with Crippen molar-refractivity contribution in [3.05, 3.63) is 57.2 Å². The molecule has 0 radical (unpaired) electrons. The molecule has 0 aliphatic carbocycles. The Morgan fingerprint density at radius 2 is 1.95 bits per heavy atom. The highest BCUT2D eigenvalue weighted by molar-refractivity contribution is 9.10. The van der Waals surface area contributed by atoms with E-state index in [1.54, 1.807) is 26.0 Å². The van der Waals surface area contributed by atoms with E-state index in [2.05, 4.69) is 21.9 Å². The first-order chi connectivity index (χ1) is 10.4. The van der Waals surface area contributed by atoms with E-state index in [1.807, 2.05) is 0 Å². The standard InChI is InChI=1S/C17H15BrFNO2/c1-4-9-20(10-13-5-7-14(19)8-6-13)17(21)15-11(2)22-12(3)16(15)18/h1,5-8H,9-10H2,2-3H3. The number of benzene rings is 1. The zero-order chi connectivity index (χ0) is 16.3. The Morgan fingerprint density at radius 3 is 2.45 bits per heavy atom. The van der Waals surface area contributed by atoms with Gasteiger partial charge in [-0.1, -0.05) is 18.1 Å². The normalized spacial score (nSPS) is 10.3. The molecular formula is C17H15BrFNO2. The number of hydrogen-bond acceptors (Lipinski definition) is 2. The van der Waals surface area contributed by atoms with Crippen LogP contribution in [0.1, 0.15) is 27.4 Å². The van der Waals surface area contributed by atoms with E-state index in [4.69, 9.17) is 10.8 Å². The van der Waals surface area contributed by atoms with Gasteiger partial charge in [0.1, 0.15) is 17.3 Å². The quantitative estimate of drug-likeness (QED) is 0.767. The smallest absolute Gasteiger partial charge is 0.259 e. The molecule has 0 bridgehead atoms. The number of terminal acetylenes is 1. The number of nitrogens with zero attached hydrogens (tertiary/aromatic N) is 1. The number of rotatable bonds is 4. The van der Waals surface area contributed by atoms with Crippen LogP contribution in [0.2, 0.25) is 0 Å². The lowest BCUT2D eigenvalue weighted by Gasteiger charge is -2.20. The number of halogens is 2. The van der Waals surface area contributed by atoms with Crippen LogP contribution in [0, 0.1) is 32.0 Å². The number of carbonyl (C=O) groups excluding carboxylic acids is 1. The first kappa shape index (κ1) is 16.3. The summed E-state index contributed by atoms with van der Waals surface area (Å²) < 4.78 is 19.1. The van der Waals surface area contributed by atoms with E-state index in [0.717, 1.165) is 5.56 Å². The van der Waals surface area contributed by atoms with Crippen LogP contribution in [-0.4, -0.2) is 17.4 Å². The molecule has 0 aliphatic rings. The van der Waals surface area contributed by atoms with E-state index >= 15 is 0 Å². The van der Waals surface area contributed by atoms with Crippen molar-refractivity contribution in [2.75, 3.05) is 6.54 Å². The molecule has 114 valence electrons. The summed E-state index contributed by atoms with van der Waals surface area (Å²) in [5.41, 5.74) is 1.27. The SMILES string of the molecule is C#CCN(Cc1ccc(F)cc1)C(=O)c1c(C)oc(C)c1Br. The Kier molecular flexibility index (Phi) is 5.04. The van der Waals surface area contributed by atoms with Crippen molar-refractivity contribution in [3.63, 3.8) is 0 Å². The molecule has 22 heavy (non-hydrogen) atoms. The average molecular weight is 364 g/mol. The van der Waals surface area contributed by atoms with Gasteiger partial charge in [-0.25, -0.2) is 4.39 Å². The van der Waals surface area contributed by atoms with E-state index in [-0.39, 0.29) is 18.3 Å². The summed E-state index contributed by atoms with van der Waals surface area (Å²) in [7, 11) is 0. The van der Waals surface area contributed by atoms with Gasteiger partial charge in [0.15, 0.2) is 0 Å². The van der Waals surface area contributed by atoms with Gasteiger partial charge >= 0.3 is 0 Å². The zero-order valence-electron chi connectivity index (χ0n) is 12.3. The summed E-state index contributed by atoms with van der Waals surface area (Å²) in [6.45, 7) is 3.97. The van der Waals surface area contributed by atoms with Gasteiger partial charge in [-0.3, -0.25) is 4.79 Å². The molecule has 5 heteroatoms. The molecule has 0 saturated heterocycles. The minimum atomic E-state index is -0.317. The molecule has 0 atom stereocenters. The zero-order valence-corrected chi connectivity index (χ0v) is 13.9. The first-order valence-electron chi connectivity index (χ1n) is 6.66. The van der Waals surface area contributed by atoms with Crippen molar-refractivity contribution in [1.29, 1.82) is 0 Å². The number of furan rings is 1. The second kappa shape index (κ2) is 6.80. The maximum Gasteiger partial charge on any atom is 0.259 e. The molecule has 1 aromatic carbocycles. The predicted molar refractivity (Wildman–Crippen MR) is 85.9 cm³/mol. The van der Waals surface area contributed by atoms with Crippen LogP contribution in [0.5, 0.6) is 0 Å². The highest BCUT2D eigenvalue weighted by Crippen LogP contribution is 2.28. The third-order valence-corrected chi connectivity index (χ3v) is 4.21. The molecule has 1 heterocycles. The van der Waals surface area contributed by atoms with Crippen molar-refractivity contribution in [3.8, 4) is 12.3 Å². The van der Waals surface area contributed by atoms with Gasteiger partial charge in [0.25, 0.3) is 5.91 Å². The summed E-state index contributed by atoms with van der Waals surface area (Å²) in [4.78, 5) is 14.3. The molecule has 1 aromatic heterocycles. The minimum absolute atomic E-state index is 0.159. The predicted octanol–water partition coefficient (Wildman–Crippen LogP) is 4.07. The first-order valence-corrected chi connectivity index (χ1v) is 7.46. The largest absolute Gasteiger partial charge is 0.465 e. The molecule has 2 aromatic rings. The lowest BCUT2D eigenvalue weighted by atomic mass is 10.1. The van der Waals surface area contributed by atoms with E-state index in [0.29, 0.717) is 28.1 Å². The summed E-state index contributed by atoms with van der Waals surface area (Å²) in [6, 6.07) is 5.98. The Bertz CT molecular complexity index is 728. The molecule has 0 fully saturated rings. The number of aryl methyl sites for hydroxylation is 2. The topological polar surface area (TPSA) is 33.5 Å². The second-order valence-electron chi connectivity index (χ2n) is 4.90. The Morgan fingerprint density at radius 1 is 1.32 bits per heavy atom. The third-order valence-electron chi connectivity index (χ3n) is 3.26. The van der Waals surface area contributed by atoms with Gasteiger partial charge < -0.3 is 9.32 Å². The molecule has 0 saturated carbocycles. The number of amides is 1. The lowest BCUT2D eigenvalue weighted by Crippen LogP contribution is -2.31. The van der Waals surface area contributed by atoms with Crippen LogP contribution in [0.25, 0.3) is 0 Å². The second-order valence-corrected chi connectivity index (χ2v) is 5.69. The van der Waals surface area contributed by atoms with Crippen molar-refractivity contribution in [2.45, 2.75) is 20.4 Å². The van der Waals surface area contributed by atoms with Gasteiger partial charge in [-0.2, -0.15) is 0 Å². The fourth-order valence-corrected chi connectivity index (χ4v) is 2.71. The summed E-state index contributed by atoms with van der Waals surface area (Å²) in [5.74, 6) is 3.12. The summed E-state index contributed by atoms with van der Waals surface area (Å²) in [5, 5.41) is 0. The third kappa shape index (κ3) is 3.40. The van der Waals surface area contributed by atoms with E-state index in [1.165, 1.54) is 17.0 Å². The molecular weight excluding hydrogens is 349 g/mol. The molecule has 2 rings (SSSR count). The fourth-order valence-electron chi connectivity index (χ4n) is 2.18. The van der Waals surface area contributed by atoms with Gasteiger partial charge in [0.05, 0.1) is 16.6 Å². The van der Waals surface area contributed by atoms with Crippen LogP contribution in [0.4, 0.5) is 4.39 Å². The fraction of sp³-hybridized carbons (Fsp3) is 0.235. The monoisotopic (exact) mass is 363 g/mol. The van der Waals surface area contributed by atoms with Crippen LogP contribution in [-0.2, 0) is 6.54 Å². The number of carbonyl (C=O) groups is 1. The summed E-state index contributed by atoms with van der Waals surface area (Å²) in [6.07, 6.45) is 5.37. The molecule has 0 aliphatic heterocycles. The molecule has 0 spiro atoms. The van der Waals surface area contributed by atoms with Gasteiger partial charge in [0, 0.05) is 6.54 Å². The van der Waals surface area contributed by atoms with Crippen LogP contribution < -0.4 is 0 Å². The maximum absolute atomic E-state index is 13.0. The van der Waals surface area contributed by atoms with Gasteiger partial charge in [0.2, 0.25) is 0 Å². The molecule has 0 unspecified atom stereocenters. The van der Waals surface area contributed by atoms with E-state index in [9.17, 15) is 9.18 Å². The Balaban J connectivity index is 2.29. The van der Waals surface area contributed by atoms with Gasteiger partial charge in [-0.15, -0.1) is 6.42 Å². The lowest BCUT2D eigenvalue weighted by molar-refractivity contribution is 0.0763. The molecule has 1 amide bonds. The van der Waals surface area contributed by atoms with Crippen molar-refractivity contribution in [2.24, 2.45) is 0 Å². The number of hydrogen-bond donors (Lipinski definition) is 0. The Labute approximate surface area is 137 Å². The van der Waals surface area contributed by atoms with E-state index < -0.39 is 0 Å². The minimum Gasteiger partial charge on any atom is -0.465 e. The highest BCUT2D eigenvalue weighted by Gasteiger charge is 2.24. The van der Waals surface area contributed by atoms with Crippen molar-refractivity contribution >= 4 is 21.8 Å². The van der Waals surface area contributed by atoms with Gasteiger partial charge in [-0.05, 0) is 47.5 Å². The average Bonchev–Trinajstić information content (AvgIpc) is 2.73. The van der Waals surface area contributed by atoms with Crippen molar-refractivity contribution in [1.82, 2.24) is 4.90 Å². The summed E-state index contributed by atoms with van der Waals surface area (Å²) >= 11 is 3.37. The molecule has 0 N–H and O–H groups in total. The highest BCUT2D eigenvalue weighted by atomic mass is 79.9. The molecule has 3 nitrogen and oxygen atoms in total. The Hall–Kier alpha value is -2.06. The van der Waals surface area contributed by atoms with Crippen LogP contribution in [0.3, 0.4) is 0 Å². The van der Waals surface area contributed by atoms with Crippen molar-refractivity contribution < 1.29 is 13.6 Å². The maximum atomic E-state index is 13.0.